The topological polar surface area (TPSA) is 66.4 Å². The van der Waals surface area contributed by atoms with Gasteiger partial charge >= 0.3 is 0 Å². The lowest BCUT2D eigenvalue weighted by Crippen LogP contribution is -2.36. The molecule has 0 heterocycles. The van der Waals surface area contributed by atoms with Crippen LogP contribution < -0.4 is 5.32 Å². The van der Waals surface area contributed by atoms with Gasteiger partial charge in [-0.05, 0) is 31.4 Å². The van der Waals surface area contributed by atoms with Crippen LogP contribution in [0.1, 0.15) is 39.0 Å². The Morgan fingerprint density at radius 2 is 1.95 bits per heavy atom. The Kier molecular flexibility index (Phi) is 5.05. The van der Waals surface area contributed by atoms with Crippen molar-refractivity contribution in [1.82, 2.24) is 0 Å². The van der Waals surface area contributed by atoms with Crippen LogP contribution in [0.4, 0.5) is 5.69 Å². The minimum absolute atomic E-state index is 0.0540. The Balaban J connectivity index is 2.24. The molecule has 2 unspecified atom stereocenters. The van der Waals surface area contributed by atoms with E-state index in [2.05, 4.69) is 5.32 Å². The van der Waals surface area contributed by atoms with E-state index in [1.165, 1.54) is 0 Å². The molecular weight excluding hydrogens is 274 g/mol. The number of rotatable bonds is 5. The van der Waals surface area contributed by atoms with Gasteiger partial charge in [0, 0.05) is 0 Å². The minimum atomic E-state index is -3.25. The van der Waals surface area contributed by atoms with Crippen molar-refractivity contribution in [1.29, 1.82) is 0 Å². The molecule has 5 heteroatoms. The highest BCUT2D eigenvalue weighted by Gasteiger charge is 2.25. The normalized spacial score (nSPS) is 23.5. The maximum Gasteiger partial charge on any atom is 0.180 e. The molecule has 1 fully saturated rings. The number of sulfone groups is 1. The molecule has 0 aromatic heterocycles. The summed E-state index contributed by atoms with van der Waals surface area (Å²) in [4.78, 5) is 0.347. The first-order valence-electron chi connectivity index (χ1n) is 7.31. The Morgan fingerprint density at radius 1 is 1.25 bits per heavy atom. The van der Waals surface area contributed by atoms with Crippen LogP contribution in [0.15, 0.2) is 29.2 Å². The van der Waals surface area contributed by atoms with Crippen LogP contribution in [0.25, 0.3) is 0 Å². The molecule has 20 heavy (non-hydrogen) atoms. The molecular formula is C15H23NO3S. The fraction of sp³-hybridized carbons (Fsp3) is 0.600. The summed E-state index contributed by atoms with van der Waals surface area (Å²) in [6, 6.07) is 6.93. The average molecular weight is 297 g/mol. The highest BCUT2D eigenvalue weighted by molar-refractivity contribution is 7.91. The number of nitrogens with one attached hydrogen (secondary N) is 1. The highest BCUT2D eigenvalue weighted by Crippen LogP contribution is 2.27. The maximum atomic E-state index is 12.3. The van der Waals surface area contributed by atoms with Crippen molar-refractivity contribution in [3.63, 3.8) is 0 Å². The molecule has 0 amide bonds. The standard InChI is InChI=1S/C15H23NO3S/c1-2-11-20(18,19)15-10-6-4-8-13(15)16-12-7-3-5-9-14(12)17/h4,6,8,10,12,14,16-17H,2-3,5,7,9,11H2,1H3. The zero-order valence-corrected chi connectivity index (χ0v) is 12.7. The van der Waals surface area contributed by atoms with E-state index in [-0.39, 0.29) is 11.8 Å². The third-order valence-electron chi connectivity index (χ3n) is 3.77. The smallest absolute Gasteiger partial charge is 0.180 e. The second-order valence-electron chi connectivity index (χ2n) is 5.42. The number of benzene rings is 1. The molecule has 0 aliphatic heterocycles. The van der Waals surface area contributed by atoms with Gasteiger partial charge in [0.15, 0.2) is 9.84 Å². The molecule has 112 valence electrons. The number of para-hydroxylation sites is 1. The first-order chi connectivity index (χ1) is 9.54. The molecule has 0 bridgehead atoms. The third kappa shape index (κ3) is 3.52. The van der Waals surface area contributed by atoms with Gasteiger partial charge in [0.25, 0.3) is 0 Å². The Hall–Kier alpha value is -1.07. The van der Waals surface area contributed by atoms with Gasteiger partial charge in [0.05, 0.1) is 28.5 Å². The van der Waals surface area contributed by atoms with E-state index in [1.54, 1.807) is 18.2 Å². The van der Waals surface area contributed by atoms with Gasteiger partial charge in [-0.15, -0.1) is 0 Å². The Morgan fingerprint density at radius 3 is 2.65 bits per heavy atom. The Bertz CT molecular complexity index is 542. The van der Waals surface area contributed by atoms with E-state index in [0.717, 1.165) is 25.7 Å². The zero-order valence-electron chi connectivity index (χ0n) is 11.9. The highest BCUT2D eigenvalue weighted by atomic mass is 32.2. The summed E-state index contributed by atoms with van der Waals surface area (Å²) in [5.74, 6) is 0.152. The van der Waals surface area contributed by atoms with Gasteiger partial charge in [-0.3, -0.25) is 0 Å². The molecule has 0 spiro atoms. The lowest BCUT2D eigenvalue weighted by Gasteiger charge is -2.29. The SMILES string of the molecule is CCCS(=O)(=O)c1ccccc1NC1CCCCC1O. The summed E-state index contributed by atoms with van der Waals surface area (Å²) in [5.41, 5.74) is 0.618. The molecule has 4 nitrogen and oxygen atoms in total. The van der Waals surface area contributed by atoms with Crippen molar-refractivity contribution in [3.05, 3.63) is 24.3 Å². The van der Waals surface area contributed by atoms with Crippen LogP contribution in [-0.2, 0) is 9.84 Å². The van der Waals surface area contributed by atoms with Crippen molar-refractivity contribution in [2.75, 3.05) is 11.1 Å². The summed E-state index contributed by atoms with van der Waals surface area (Å²) < 4.78 is 24.5. The molecule has 0 saturated heterocycles. The van der Waals surface area contributed by atoms with Crippen LogP contribution in [0.5, 0.6) is 0 Å². The van der Waals surface area contributed by atoms with Crippen molar-refractivity contribution >= 4 is 15.5 Å². The summed E-state index contributed by atoms with van der Waals surface area (Å²) in [6.45, 7) is 1.86. The molecule has 2 N–H and O–H groups in total. The van der Waals surface area contributed by atoms with Gasteiger partial charge in [0.1, 0.15) is 0 Å². The molecule has 1 aromatic rings. The molecule has 1 aromatic carbocycles. The molecule has 0 radical (unpaired) electrons. The van der Waals surface area contributed by atoms with E-state index >= 15 is 0 Å². The van der Waals surface area contributed by atoms with Gasteiger partial charge in [0.2, 0.25) is 0 Å². The second-order valence-corrected chi connectivity index (χ2v) is 7.50. The fourth-order valence-electron chi connectivity index (χ4n) is 2.72. The summed E-state index contributed by atoms with van der Waals surface area (Å²) in [6.07, 6.45) is 3.96. The maximum absolute atomic E-state index is 12.3. The van der Waals surface area contributed by atoms with Crippen LogP contribution in [0.2, 0.25) is 0 Å². The van der Waals surface area contributed by atoms with Crippen molar-refractivity contribution < 1.29 is 13.5 Å². The molecule has 1 aliphatic rings. The lowest BCUT2D eigenvalue weighted by molar-refractivity contribution is 0.116. The first-order valence-corrected chi connectivity index (χ1v) is 8.96. The van der Waals surface area contributed by atoms with Gasteiger partial charge < -0.3 is 10.4 Å². The quantitative estimate of drug-likeness (QED) is 0.876. The second kappa shape index (κ2) is 6.59. The number of anilines is 1. The number of hydrogen-bond acceptors (Lipinski definition) is 4. The van der Waals surface area contributed by atoms with Crippen LogP contribution >= 0.6 is 0 Å². The largest absolute Gasteiger partial charge is 0.391 e. The summed E-state index contributed by atoms with van der Waals surface area (Å²) in [5, 5.41) is 13.2. The molecule has 2 rings (SSSR count). The van der Waals surface area contributed by atoms with Crippen molar-refractivity contribution in [2.24, 2.45) is 0 Å². The van der Waals surface area contributed by atoms with Crippen LogP contribution in [-0.4, -0.2) is 31.4 Å². The van der Waals surface area contributed by atoms with Crippen molar-refractivity contribution in [2.45, 2.75) is 56.1 Å². The number of hydrogen-bond donors (Lipinski definition) is 2. The summed E-state index contributed by atoms with van der Waals surface area (Å²) in [7, 11) is -3.25. The zero-order chi connectivity index (χ0) is 14.6. The van der Waals surface area contributed by atoms with Crippen LogP contribution in [0.3, 0.4) is 0 Å². The number of aliphatic hydroxyl groups is 1. The predicted molar refractivity (Wildman–Crippen MR) is 80.7 cm³/mol. The van der Waals surface area contributed by atoms with E-state index in [0.29, 0.717) is 17.0 Å². The van der Waals surface area contributed by atoms with Crippen molar-refractivity contribution in [3.8, 4) is 0 Å². The summed E-state index contributed by atoms with van der Waals surface area (Å²) >= 11 is 0. The lowest BCUT2D eigenvalue weighted by atomic mass is 9.92. The van der Waals surface area contributed by atoms with Gasteiger partial charge in [-0.2, -0.15) is 0 Å². The Labute approximate surface area is 121 Å². The predicted octanol–water partition coefficient (Wildman–Crippen LogP) is 2.59. The first kappa shape index (κ1) is 15.3. The van der Waals surface area contributed by atoms with Crippen LogP contribution in [0, 0.1) is 0 Å². The van der Waals surface area contributed by atoms with E-state index < -0.39 is 15.9 Å². The number of aliphatic hydroxyl groups excluding tert-OH is 1. The van der Waals surface area contributed by atoms with Gasteiger partial charge in [-0.1, -0.05) is 31.9 Å². The monoisotopic (exact) mass is 297 g/mol. The van der Waals surface area contributed by atoms with E-state index in [4.69, 9.17) is 0 Å². The third-order valence-corrected chi connectivity index (χ3v) is 5.74. The van der Waals surface area contributed by atoms with E-state index in [1.807, 2.05) is 13.0 Å². The molecule has 1 saturated carbocycles. The fourth-order valence-corrected chi connectivity index (χ4v) is 4.22. The minimum Gasteiger partial charge on any atom is -0.391 e. The van der Waals surface area contributed by atoms with Gasteiger partial charge in [-0.25, -0.2) is 8.42 Å². The van der Waals surface area contributed by atoms with E-state index in [9.17, 15) is 13.5 Å². The average Bonchev–Trinajstić information content (AvgIpc) is 2.42. The molecule has 1 aliphatic carbocycles. The molecule has 2 atom stereocenters.